The molecule has 0 saturated heterocycles. The third kappa shape index (κ3) is 5.95. The molecule has 2 N–H and O–H groups in total. The molecule has 134 valence electrons. The summed E-state index contributed by atoms with van der Waals surface area (Å²) in [6.45, 7) is -0.407. The molecule has 0 aromatic heterocycles. The average molecular weight is 374 g/mol. The maximum absolute atomic E-state index is 12.5. The summed E-state index contributed by atoms with van der Waals surface area (Å²) in [5.41, 5.74) is -0.532. The van der Waals surface area contributed by atoms with Crippen LogP contribution in [0.5, 0.6) is 5.75 Å². The number of carbonyl (C=O) groups excluding carboxylic acids is 1. The quantitative estimate of drug-likeness (QED) is 0.813. The van der Waals surface area contributed by atoms with Crippen molar-refractivity contribution in [2.75, 3.05) is 13.2 Å². The minimum absolute atomic E-state index is 0.145. The largest absolute Gasteiger partial charge is 0.484 e. The Labute approximate surface area is 147 Å². The van der Waals surface area contributed by atoms with E-state index in [1.54, 1.807) is 24.3 Å². The van der Waals surface area contributed by atoms with Gasteiger partial charge in [0, 0.05) is 11.6 Å². The first-order chi connectivity index (χ1) is 11.8. The van der Waals surface area contributed by atoms with Crippen molar-refractivity contribution < 1.29 is 27.8 Å². The van der Waals surface area contributed by atoms with Crippen molar-refractivity contribution >= 4 is 17.5 Å². The number of hydrogen-bond acceptors (Lipinski definition) is 3. The molecule has 4 nitrogen and oxygen atoms in total. The van der Waals surface area contributed by atoms with Gasteiger partial charge in [-0.2, -0.15) is 13.2 Å². The van der Waals surface area contributed by atoms with E-state index in [1.807, 2.05) is 0 Å². The van der Waals surface area contributed by atoms with Gasteiger partial charge in [0.15, 0.2) is 6.61 Å². The Morgan fingerprint density at radius 2 is 1.72 bits per heavy atom. The number of aliphatic hydroxyl groups excluding tert-OH is 1. The van der Waals surface area contributed by atoms with Gasteiger partial charge >= 0.3 is 6.18 Å². The molecule has 0 fully saturated rings. The number of amides is 1. The van der Waals surface area contributed by atoms with Crippen molar-refractivity contribution in [1.82, 2.24) is 5.32 Å². The van der Waals surface area contributed by atoms with Crippen LogP contribution in [0.3, 0.4) is 0 Å². The minimum atomic E-state index is -4.43. The third-order valence-electron chi connectivity index (χ3n) is 3.30. The van der Waals surface area contributed by atoms with Gasteiger partial charge in [-0.15, -0.1) is 0 Å². The van der Waals surface area contributed by atoms with E-state index in [2.05, 4.69) is 5.32 Å². The molecule has 0 heterocycles. The second kappa shape index (κ2) is 8.22. The van der Waals surface area contributed by atoms with Crippen LogP contribution in [0, 0.1) is 0 Å². The maximum atomic E-state index is 12.5. The first-order valence-corrected chi connectivity index (χ1v) is 7.64. The van der Waals surface area contributed by atoms with E-state index < -0.39 is 23.8 Å². The fourth-order valence-corrected chi connectivity index (χ4v) is 2.08. The van der Waals surface area contributed by atoms with Gasteiger partial charge in [-0.05, 0) is 42.0 Å². The first kappa shape index (κ1) is 19.1. The number of rotatable bonds is 6. The molecule has 0 aliphatic rings. The molecule has 0 saturated carbocycles. The van der Waals surface area contributed by atoms with Crippen LogP contribution in [0.2, 0.25) is 5.02 Å². The highest BCUT2D eigenvalue weighted by atomic mass is 35.5. The van der Waals surface area contributed by atoms with E-state index in [-0.39, 0.29) is 18.7 Å². The smallest absolute Gasteiger partial charge is 0.416 e. The second-order valence-electron chi connectivity index (χ2n) is 5.18. The highest BCUT2D eigenvalue weighted by molar-refractivity contribution is 6.30. The molecule has 0 spiro atoms. The summed E-state index contributed by atoms with van der Waals surface area (Å²) < 4.78 is 42.7. The van der Waals surface area contributed by atoms with Gasteiger partial charge in [-0.1, -0.05) is 23.7 Å². The maximum Gasteiger partial charge on any atom is 0.416 e. The molecule has 25 heavy (non-hydrogen) atoms. The number of nitrogens with one attached hydrogen (secondary N) is 1. The van der Waals surface area contributed by atoms with Crippen molar-refractivity contribution in [3.05, 3.63) is 64.7 Å². The number of alkyl halides is 3. The van der Waals surface area contributed by atoms with E-state index in [9.17, 15) is 23.1 Å². The zero-order valence-corrected chi connectivity index (χ0v) is 13.6. The molecule has 1 unspecified atom stereocenters. The average Bonchev–Trinajstić information content (AvgIpc) is 2.58. The van der Waals surface area contributed by atoms with Crippen molar-refractivity contribution in [3.63, 3.8) is 0 Å². The topological polar surface area (TPSA) is 58.6 Å². The summed E-state index contributed by atoms with van der Waals surface area (Å²) in [6, 6.07) is 10.5. The second-order valence-corrected chi connectivity index (χ2v) is 5.62. The van der Waals surface area contributed by atoms with Crippen molar-refractivity contribution in [2.45, 2.75) is 12.3 Å². The molecule has 0 aliphatic carbocycles. The lowest BCUT2D eigenvalue weighted by molar-refractivity contribution is -0.137. The summed E-state index contributed by atoms with van der Waals surface area (Å²) >= 11 is 5.73. The number of hydrogen-bond donors (Lipinski definition) is 2. The lowest BCUT2D eigenvalue weighted by Gasteiger charge is -2.14. The van der Waals surface area contributed by atoms with Gasteiger partial charge in [0.1, 0.15) is 5.75 Å². The molecule has 2 aromatic rings. The number of carbonyl (C=O) groups is 1. The number of benzene rings is 2. The molecular formula is C17H15ClF3NO3. The van der Waals surface area contributed by atoms with Gasteiger partial charge in [0.05, 0.1) is 11.7 Å². The zero-order valence-electron chi connectivity index (χ0n) is 12.9. The molecule has 0 radical (unpaired) electrons. The fourth-order valence-electron chi connectivity index (χ4n) is 1.95. The summed E-state index contributed by atoms with van der Waals surface area (Å²) in [5.74, 6) is -0.0104. The summed E-state index contributed by atoms with van der Waals surface area (Å²) in [6.07, 6.45) is -5.56. The molecule has 1 atom stereocenters. The lowest BCUT2D eigenvalue weighted by Crippen LogP contribution is -2.32. The van der Waals surface area contributed by atoms with Crippen LogP contribution in [0.25, 0.3) is 0 Å². The molecule has 1 amide bonds. The standard InChI is InChI=1S/C17H15ClF3NO3/c18-13-5-7-14(8-6-13)25-10-16(24)22-9-15(23)11-1-3-12(4-2-11)17(19,20)21/h1-8,15,23H,9-10H2,(H,22,24). The monoisotopic (exact) mass is 373 g/mol. The summed E-state index contributed by atoms with van der Waals surface area (Å²) in [7, 11) is 0. The molecule has 2 aromatic carbocycles. The Morgan fingerprint density at radius 1 is 1.12 bits per heavy atom. The normalized spacial score (nSPS) is 12.5. The first-order valence-electron chi connectivity index (χ1n) is 7.26. The lowest BCUT2D eigenvalue weighted by atomic mass is 10.1. The third-order valence-corrected chi connectivity index (χ3v) is 3.55. The van der Waals surface area contributed by atoms with Crippen molar-refractivity contribution in [2.24, 2.45) is 0 Å². The number of halogens is 4. The highest BCUT2D eigenvalue weighted by Gasteiger charge is 2.30. The van der Waals surface area contributed by atoms with Crippen molar-refractivity contribution in [3.8, 4) is 5.75 Å². The predicted octanol–water partition coefficient (Wildman–Crippen LogP) is 3.59. The SMILES string of the molecule is O=C(COc1ccc(Cl)cc1)NCC(O)c1ccc(C(F)(F)F)cc1. The molecule has 8 heteroatoms. The Kier molecular flexibility index (Phi) is 6.27. The molecule has 0 bridgehead atoms. The zero-order chi connectivity index (χ0) is 18.4. The van der Waals surface area contributed by atoms with E-state index in [0.717, 1.165) is 12.1 Å². The van der Waals surface area contributed by atoms with Crippen molar-refractivity contribution in [1.29, 1.82) is 0 Å². The van der Waals surface area contributed by atoms with Crippen LogP contribution in [-0.4, -0.2) is 24.2 Å². The molecule has 2 rings (SSSR count). The van der Waals surface area contributed by atoms with E-state index in [1.165, 1.54) is 12.1 Å². The molecule has 0 aliphatic heterocycles. The van der Waals surface area contributed by atoms with Crippen LogP contribution in [0.4, 0.5) is 13.2 Å². The Morgan fingerprint density at radius 3 is 2.28 bits per heavy atom. The van der Waals surface area contributed by atoms with Crippen LogP contribution < -0.4 is 10.1 Å². The Hall–Kier alpha value is -2.25. The van der Waals surface area contributed by atoms with Crippen LogP contribution >= 0.6 is 11.6 Å². The highest BCUT2D eigenvalue weighted by Crippen LogP contribution is 2.29. The number of ether oxygens (including phenoxy) is 1. The van der Waals surface area contributed by atoms with E-state index in [4.69, 9.17) is 16.3 Å². The summed E-state index contributed by atoms with van der Waals surface area (Å²) in [4.78, 5) is 11.7. The van der Waals surface area contributed by atoms with E-state index in [0.29, 0.717) is 10.8 Å². The van der Waals surface area contributed by atoms with Gasteiger partial charge in [0.2, 0.25) is 0 Å². The summed E-state index contributed by atoms with van der Waals surface area (Å²) in [5, 5.41) is 12.9. The fraction of sp³-hybridized carbons (Fsp3) is 0.235. The van der Waals surface area contributed by atoms with Gasteiger partial charge < -0.3 is 15.2 Å². The Balaban J connectivity index is 1.79. The van der Waals surface area contributed by atoms with Crippen LogP contribution in [0.15, 0.2) is 48.5 Å². The van der Waals surface area contributed by atoms with Gasteiger partial charge in [-0.25, -0.2) is 0 Å². The van der Waals surface area contributed by atoms with E-state index >= 15 is 0 Å². The van der Waals surface area contributed by atoms with Gasteiger partial charge in [0.25, 0.3) is 5.91 Å². The van der Waals surface area contributed by atoms with Gasteiger partial charge in [-0.3, -0.25) is 4.79 Å². The van der Waals surface area contributed by atoms with Crippen LogP contribution in [-0.2, 0) is 11.0 Å². The Bertz CT molecular complexity index is 703. The van der Waals surface area contributed by atoms with Crippen LogP contribution in [0.1, 0.15) is 17.2 Å². The predicted molar refractivity (Wildman–Crippen MR) is 86.4 cm³/mol. The number of aliphatic hydroxyl groups is 1. The molecular weight excluding hydrogens is 359 g/mol. The minimum Gasteiger partial charge on any atom is -0.484 e.